The number of thioether (sulfide) groups is 1. The smallest absolute Gasteiger partial charge is 0.00953 e. The minimum Gasteiger partial charge on any atom is -0.313 e. The molecule has 1 heterocycles. The standard InChI is InChI=1S/C14H27NS/c1-11-3-4-12(2)14(9-11)15-10-13-5-7-16-8-6-13/h11-15H,3-10H2,1-2H3. The highest BCUT2D eigenvalue weighted by atomic mass is 32.2. The zero-order valence-electron chi connectivity index (χ0n) is 10.9. The highest BCUT2D eigenvalue weighted by Crippen LogP contribution is 2.29. The monoisotopic (exact) mass is 241 g/mol. The van der Waals surface area contributed by atoms with Gasteiger partial charge in [0.05, 0.1) is 0 Å². The number of rotatable bonds is 3. The van der Waals surface area contributed by atoms with Crippen molar-refractivity contribution in [1.82, 2.24) is 5.32 Å². The highest BCUT2D eigenvalue weighted by molar-refractivity contribution is 7.99. The molecule has 1 saturated heterocycles. The molecule has 3 unspecified atom stereocenters. The first-order chi connectivity index (χ1) is 7.75. The van der Waals surface area contributed by atoms with Crippen molar-refractivity contribution in [2.75, 3.05) is 18.1 Å². The molecule has 2 heteroatoms. The highest BCUT2D eigenvalue weighted by Gasteiger charge is 2.25. The van der Waals surface area contributed by atoms with Crippen molar-refractivity contribution in [2.24, 2.45) is 17.8 Å². The normalized spacial score (nSPS) is 37.5. The third-order valence-electron chi connectivity index (χ3n) is 4.47. The molecule has 1 saturated carbocycles. The first-order valence-electron chi connectivity index (χ1n) is 7.07. The predicted molar refractivity (Wildman–Crippen MR) is 74.0 cm³/mol. The van der Waals surface area contributed by atoms with E-state index in [2.05, 4.69) is 30.9 Å². The molecule has 16 heavy (non-hydrogen) atoms. The third kappa shape index (κ3) is 3.66. The first kappa shape index (κ1) is 12.8. The summed E-state index contributed by atoms with van der Waals surface area (Å²) >= 11 is 2.13. The molecular weight excluding hydrogens is 214 g/mol. The third-order valence-corrected chi connectivity index (χ3v) is 5.52. The van der Waals surface area contributed by atoms with E-state index in [1.165, 1.54) is 50.2 Å². The maximum atomic E-state index is 3.86. The fraction of sp³-hybridized carbons (Fsp3) is 1.00. The lowest BCUT2D eigenvalue weighted by Crippen LogP contribution is -2.42. The molecule has 2 rings (SSSR count). The quantitative estimate of drug-likeness (QED) is 0.811. The zero-order valence-corrected chi connectivity index (χ0v) is 11.7. The Morgan fingerprint density at radius 1 is 1.06 bits per heavy atom. The van der Waals surface area contributed by atoms with Gasteiger partial charge in [0.15, 0.2) is 0 Å². The van der Waals surface area contributed by atoms with E-state index in [1.54, 1.807) is 0 Å². The van der Waals surface area contributed by atoms with Gasteiger partial charge in [-0.15, -0.1) is 0 Å². The van der Waals surface area contributed by atoms with Gasteiger partial charge in [-0.25, -0.2) is 0 Å². The Labute approximate surface area is 105 Å². The lowest BCUT2D eigenvalue weighted by Gasteiger charge is -2.35. The van der Waals surface area contributed by atoms with Crippen molar-refractivity contribution in [2.45, 2.75) is 52.0 Å². The first-order valence-corrected chi connectivity index (χ1v) is 8.22. The second kappa shape index (κ2) is 6.30. The molecule has 1 aliphatic heterocycles. The van der Waals surface area contributed by atoms with E-state index in [9.17, 15) is 0 Å². The molecule has 2 aliphatic rings. The van der Waals surface area contributed by atoms with Crippen LogP contribution in [-0.2, 0) is 0 Å². The molecule has 0 amide bonds. The van der Waals surface area contributed by atoms with E-state index in [0.717, 1.165) is 23.8 Å². The van der Waals surface area contributed by atoms with Crippen LogP contribution in [0.1, 0.15) is 46.0 Å². The minimum absolute atomic E-state index is 0.804. The van der Waals surface area contributed by atoms with Gasteiger partial charge in [-0.2, -0.15) is 11.8 Å². The number of hydrogen-bond donors (Lipinski definition) is 1. The van der Waals surface area contributed by atoms with Gasteiger partial charge in [-0.3, -0.25) is 0 Å². The topological polar surface area (TPSA) is 12.0 Å². The number of hydrogen-bond acceptors (Lipinski definition) is 2. The Hall–Kier alpha value is 0.310. The van der Waals surface area contributed by atoms with E-state index < -0.39 is 0 Å². The Morgan fingerprint density at radius 3 is 2.56 bits per heavy atom. The van der Waals surface area contributed by atoms with Crippen LogP contribution in [-0.4, -0.2) is 24.1 Å². The minimum atomic E-state index is 0.804. The molecule has 0 spiro atoms. The van der Waals surface area contributed by atoms with Crippen LogP contribution < -0.4 is 5.32 Å². The summed E-state index contributed by atoms with van der Waals surface area (Å²) in [7, 11) is 0. The predicted octanol–water partition coefficient (Wildman–Crippen LogP) is 3.54. The second-order valence-electron chi connectivity index (χ2n) is 5.97. The molecule has 1 nitrogen and oxygen atoms in total. The molecule has 0 bridgehead atoms. The van der Waals surface area contributed by atoms with Crippen LogP contribution in [0.5, 0.6) is 0 Å². The molecule has 0 aromatic heterocycles. The van der Waals surface area contributed by atoms with Crippen molar-refractivity contribution in [3.8, 4) is 0 Å². The van der Waals surface area contributed by atoms with Crippen molar-refractivity contribution >= 4 is 11.8 Å². The van der Waals surface area contributed by atoms with Crippen molar-refractivity contribution in [3.05, 3.63) is 0 Å². The largest absolute Gasteiger partial charge is 0.313 e. The van der Waals surface area contributed by atoms with Crippen molar-refractivity contribution in [1.29, 1.82) is 0 Å². The molecule has 1 aliphatic carbocycles. The Kier molecular flexibility index (Phi) is 5.02. The SMILES string of the molecule is CC1CCC(C)C(NCC2CCSCC2)C1. The summed E-state index contributed by atoms with van der Waals surface area (Å²) in [4.78, 5) is 0. The van der Waals surface area contributed by atoms with Crippen molar-refractivity contribution in [3.63, 3.8) is 0 Å². The van der Waals surface area contributed by atoms with Gasteiger partial charge in [0, 0.05) is 6.04 Å². The molecule has 0 radical (unpaired) electrons. The van der Waals surface area contributed by atoms with Crippen LogP contribution in [0.4, 0.5) is 0 Å². The summed E-state index contributed by atoms with van der Waals surface area (Å²) in [6, 6.07) is 0.804. The van der Waals surface area contributed by atoms with Crippen LogP contribution in [0.25, 0.3) is 0 Å². The summed E-state index contributed by atoms with van der Waals surface area (Å²) < 4.78 is 0. The Balaban J connectivity index is 1.71. The number of nitrogens with one attached hydrogen (secondary N) is 1. The summed E-state index contributed by atoms with van der Waals surface area (Å²) in [6.45, 7) is 6.13. The molecule has 0 aromatic rings. The molecule has 0 aromatic carbocycles. The van der Waals surface area contributed by atoms with E-state index in [-0.39, 0.29) is 0 Å². The summed E-state index contributed by atoms with van der Waals surface area (Å²) in [5.41, 5.74) is 0. The van der Waals surface area contributed by atoms with Crippen LogP contribution in [0.3, 0.4) is 0 Å². The maximum absolute atomic E-state index is 3.86. The summed E-state index contributed by atoms with van der Waals surface area (Å²) in [5, 5.41) is 3.86. The van der Waals surface area contributed by atoms with E-state index in [0.29, 0.717) is 0 Å². The van der Waals surface area contributed by atoms with E-state index >= 15 is 0 Å². The van der Waals surface area contributed by atoms with Gasteiger partial charge in [-0.1, -0.05) is 20.3 Å². The van der Waals surface area contributed by atoms with Crippen LogP contribution >= 0.6 is 11.8 Å². The molecule has 1 N–H and O–H groups in total. The van der Waals surface area contributed by atoms with Gasteiger partial charge in [-0.05, 0) is 61.5 Å². The summed E-state index contributed by atoms with van der Waals surface area (Å²) in [5.74, 6) is 5.59. The lowest BCUT2D eigenvalue weighted by molar-refractivity contribution is 0.219. The van der Waals surface area contributed by atoms with E-state index in [4.69, 9.17) is 0 Å². The average molecular weight is 241 g/mol. The van der Waals surface area contributed by atoms with Gasteiger partial charge >= 0.3 is 0 Å². The fourth-order valence-corrected chi connectivity index (χ4v) is 4.29. The molecular formula is C14H27NS. The van der Waals surface area contributed by atoms with Crippen LogP contribution in [0.15, 0.2) is 0 Å². The van der Waals surface area contributed by atoms with Crippen molar-refractivity contribution < 1.29 is 0 Å². The maximum Gasteiger partial charge on any atom is 0.00953 e. The van der Waals surface area contributed by atoms with Gasteiger partial charge < -0.3 is 5.32 Å². The lowest BCUT2D eigenvalue weighted by atomic mass is 9.80. The fourth-order valence-electron chi connectivity index (χ4n) is 3.09. The molecule has 3 atom stereocenters. The Bertz CT molecular complexity index is 201. The molecule has 94 valence electrons. The van der Waals surface area contributed by atoms with Gasteiger partial charge in [0.2, 0.25) is 0 Å². The summed E-state index contributed by atoms with van der Waals surface area (Å²) in [6.07, 6.45) is 7.16. The van der Waals surface area contributed by atoms with Crippen LogP contribution in [0, 0.1) is 17.8 Å². The van der Waals surface area contributed by atoms with E-state index in [1.807, 2.05) is 0 Å². The second-order valence-corrected chi connectivity index (χ2v) is 7.19. The average Bonchev–Trinajstić information content (AvgIpc) is 2.32. The molecule has 2 fully saturated rings. The zero-order chi connectivity index (χ0) is 11.4. The van der Waals surface area contributed by atoms with Gasteiger partial charge in [0.25, 0.3) is 0 Å². The van der Waals surface area contributed by atoms with Crippen LogP contribution in [0.2, 0.25) is 0 Å². The Morgan fingerprint density at radius 2 is 1.81 bits per heavy atom. The van der Waals surface area contributed by atoms with Gasteiger partial charge in [0.1, 0.15) is 0 Å².